The van der Waals surface area contributed by atoms with Crippen LogP contribution in [0.4, 0.5) is 11.4 Å². The molecule has 0 radical (unpaired) electrons. The van der Waals surface area contributed by atoms with Crippen molar-refractivity contribution >= 4 is 38.9 Å². The smallest absolute Gasteiger partial charge is 0.261 e. The summed E-state index contributed by atoms with van der Waals surface area (Å²) in [6.45, 7) is 5.35. The fraction of sp³-hybridized carbons (Fsp3) is 0.235. The molecule has 6 nitrogen and oxygen atoms in total. The average Bonchev–Trinajstić information content (AvgIpc) is 2.52. The number of hydrogen-bond acceptors (Lipinski definition) is 4. The summed E-state index contributed by atoms with van der Waals surface area (Å²) in [7, 11) is -3.85. The van der Waals surface area contributed by atoms with Crippen LogP contribution in [0.25, 0.3) is 0 Å². The summed E-state index contributed by atoms with van der Waals surface area (Å²) in [4.78, 5) is 11.3. The summed E-state index contributed by atoms with van der Waals surface area (Å²) in [6.07, 6.45) is 0. The molecule has 0 heterocycles. The number of carbonyl (C=O) groups excluding carboxylic acids is 1. The highest BCUT2D eigenvalue weighted by Crippen LogP contribution is 2.29. The van der Waals surface area contributed by atoms with Gasteiger partial charge in [0.15, 0.2) is 0 Å². The van der Waals surface area contributed by atoms with Gasteiger partial charge in [-0.3, -0.25) is 9.52 Å². The van der Waals surface area contributed by atoms with Gasteiger partial charge < -0.3 is 10.1 Å². The van der Waals surface area contributed by atoms with E-state index in [9.17, 15) is 13.2 Å². The zero-order chi connectivity index (χ0) is 18.6. The molecule has 2 N–H and O–H groups in total. The molecule has 25 heavy (non-hydrogen) atoms. The van der Waals surface area contributed by atoms with Crippen molar-refractivity contribution in [3.05, 3.63) is 47.0 Å². The highest BCUT2D eigenvalue weighted by molar-refractivity contribution is 7.92. The molecule has 0 spiro atoms. The van der Waals surface area contributed by atoms with Crippen LogP contribution in [0.1, 0.15) is 19.4 Å². The van der Waals surface area contributed by atoms with Crippen LogP contribution in [-0.2, 0) is 14.8 Å². The second kappa shape index (κ2) is 7.76. The summed E-state index contributed by atoms with van der Waals surface area (Å²) in [5, 5.41) is 3.04. The quantitative estimate of drug-likeness (QED) is 0.795. The first-order valence-electron chi connectivity index (χ1n) is 7.56. The van der Waals surface area contributed by atoms with Gasteiger partial charge in [-0.05, 0) is 49.7 Å². The normalized spacial score (nSPS) is 11.0. The maximum atomic E-state index is 12.6. The maximum Gasteiger partial charge on any atom is 0.261 e. The number of nitrogens with one attached hydrogen (secondary N) is 2. The van der Waals surface area contributed by atoms with Crippen molar-refractivity contribution in [3.8, 4) is 5.75 Å². The number of hydrogen-bond donors (Lipinski definition) is 2. The van der Waals surface area contributed by atoms with E-state index in [4.69, 9.17) is 16.3 Å². The molecule has 1 amide bonds. The van der Waals surface area contributed by atoms with E-state index in [2.05, 4.69) is 10.0 Å². The molecular weight excluding hydrogens is 364 g/mol. The molecule has 8 heteroatoms. The third-order valence-corrected chi connectivity index (χ3v) is 5.08. The molecule has 0 fully saturated rings. The third-order valence-electron chi connectivity index (χ3n) is 3.30. The van der Waals surface area contributed by atoms with Gasteiger partial charge in [0.2, 0.25) is 5.91 Å². The summed E-state index contributed by atoms with van der Waals surface area (Å²) in [5.41, 5.74) is 1.49. The Bertz CT molecular complexity index is 898. The van der Waals surface area contributed by atoms with Gasteiger partial charge in [-0.25, -0.2) is 8.42 Å². The summed E-state index contributed by atoms with van der Waals surface area (Å²) in [5.74, 6) is 0.0730. The Labute approximate surface area is 152 Å². The van der Waals surface area contributed by atoms with Crippen molar-refractivity contribution in [1.29, 1.82) is 0 Å². The van der Waals surface area contributed by atoms with Crippen LogP contribution in [0.15, 0.2) is 41.3 Å². The third kappa shape index (κ3) is 4.87. The summed E-state index contributed by atoms with van der Waals surface area (Å²) in [6, 6.07) is 9.16. The molecule has 0 aromatic heterocycles. The lowest BCUT2D eigenvalue weighted by atomic mass is 10.2. The number of halogens is 1. The summed E-state index contributed by atoms with van der Waals surface area (Å²) >= 11 is 6.03. The Balaban J connectivity index is 2.37. The second-order valence-electron chi connectivity index (χ2n) is 5.34. The van der Waals surface area contributed by atoms with Gasteiger partial charge in [0, 0.05) is 11.9 Å². The Hall–Kier alpha value is -2.25. The van der Waals surface area contributed by atoms with E-state index in [1.54, 1.807) is 19.1 Å². The molecule has 134 valence electrons. The molecule has 2 aromatic carbocycles. The molecule has 0 aliphatic carbocycles. The van der Waals surface area contributed by atoms with Gasteiger partial charge in [-0.2, -0.15) is 0 Å². The molecular formula is C17H19ClN2O4S. The van der Waals surface area contributed by atoms with Gasteiger partial charge >= 0.3 is 0 Å². The molecule has 0 saturated carbocycles. The van der Waals surface area contributed by atoms with E-state index < -0.39 is 10.0 Å². The van der Waals surface area contributed by atoms with E-state index in [0.29, 0.717) is 28.8 Å². The molecule has 0 saturated heterocycles. The Kier molecular flexibility index (Phi) is 5.92. The van der Waals surface area contributed by atoms with E-state index in [-0.39, 0.29) is 10.8 Å². The predicted molar refractivity (Wildman–Crippen MR) is 98.9 cm³/mol. The highest BCUT2D eigenvalue weighted by Gasteiger charge is 2.18. The highest BCUT2D eigenvalue weighted by atomic mass is 35.5. The average molecular weight is 383 g/mol. The second-order valence-corrected chi connectivity index (χ2v) is 7.43. The van der Waals surface area contributed by atoms with Crippen molar-refractivity contribution < 1.29 is 17.9 Å². The van der Waals surface area contributed by atoms with E-state index >= 15 is 0 Å². The fourth-order valence-corrected chi connectivity index (χ4v) is 3.37. The Morgan fingerprint density at radius 1 is 1.20 bits per heavy atom. The van der Waals surface area contributed by atoms with Crippen LogP contribution in [0.5, 0.6) is 5.75 Å². The van der Waals surface area contributed by atoms with Crippen LogP contribution in [0, 0.1) is 6.92 Å². The number of sulfonamides is 1. The van der Waals surface area contributed by atoms with Crippen LogP contribution in [0.3, 0.4) is 0 Å². The first kappa shape index (κ1) is 19.1. The molecule has 2 aromatic rings. The van der Waals surface area contributed by atoms with Gasteiger partial charge in [0.05, 0.1) is 22.9 Å². The SMILES string of the molecule is CCOc1ccc(S(=O)(=O)Nc2ccc(C)c(Cl)c2)cc1NC(C)=O. The van der Waals surface area contributed by atoms with Crippen LogP contribution < -0.4 is 14.8 Å². The van der Waals surface area contributed by atoms with Crippen molar-refractivity contribution in [2.45, 2.75) is 25.7 Å². The van der Waals surface area contributed by atoms with Crippen LogP contribution >= 0.6 is 11.6 Å². The zero-order valence-electron chi connectivity index (χ0n) is 14.1. The van der Waals surface area contributed by atoms with E-state index in [1.807, 2.05) is 6.92 Å². The minimum absolute atomic E-state index is 0.00333. The lowest BCUT2D eigenvalue weighted by molar-refractivity contribution is -0.114. The predicted octanol–water partition coefficient (Wildman–Crippen LogP) is 3.81. The fourth-order valence-electron chi connectivity index (χ4n) is 2.12. The minimum Gasteiger partial charge on any atom is -0.492 e. The molecule has 0 aliphatic heterocycles. The standard InChI is InChI=1S/C17H19ClN2O4S/c1-4-24-17-8-7-14(10-16(17)19-12(3)21)25(22,23)20-13-6-5-11(2)15(18)9-13/h5-10,20H,4H2,1-3H3,(H,19,21). The van der Waals surface area contributed by atoms with E-state index in [1.165, 1.54) is 31.2 Å². The Morgan fingerprint density at radius 3 is 2.52 bits per heavy atom. The zero-order valence-corrected chi connectivity index (χ0v) is 15.7. The van der Waals surface area contributed by atoms with Gasteiger partial charge in [0.1, 0.15) is 5.75 Å². The molecule has 2 rings (SSSR count). The monoisotopic (exact) mass is 382 g/mol. The van der Waals surface area contributed by atoms with Gasteiger partial charge in [-0.15, -0.1) is 0 Å². The first-order valence-corrected chi connectivity index (χ1v) is 9.42. The van der Waals surface area contributed by atoms with Gasteiger partial charge in [-0.1, -0.05) is 17.7 Å². The minimum atomic E-state index is -3.85. The molecule has 0 atom stereocenters. The lowest BCUT2D eigenvalue weighted by Crippen LogP contribution is -2.14. The summed E-state index contributed by atoms with van der Waals surface area (Å²) < 4.78 is 33.1. The molecule has 0 aliphatic rings. The number of rotatable bonds is 6. The van der Waals surface area contributed by atoms with Crippen molar-refractivity contribution in [1.82, 2.24) is 0 Å². The number of amides is 1. The van der Waals surface area contributed by atoms with E-state index in [0.717, 1.165) is 5.56 Å². The first-order chi connectivity index (χ1) is 11.7. The largest absolute Gasteiger partial charge is 0.492 e. The molecule has 0 unspecified atom stereocenters. The van der Waals surface area contributed by atoms with Crippen LogP contribution in [-0.4, -0.2) is 20.9 Å². The van der Waals surface area contributed by atoms with Crippen molar-refractivity contribution in [3.63, 3.8) is 0 Å². The maximum absolute atomic E-state index is 12.6. The topological polar surface area (TPSA) is 84.5 Å². The van der Waals surface area contributed by atoms with Crippen LogP contribution in [0.2, 0.25) is 5.02 Å². The molecule has 0 bridgehead atoms. The number of anilines is 2. The van der Waals surface area contributed by atoms with Crippen molar-refractivity contribution in [2.75, 3.05) is 16.6 Å². The lowest BCUT2D eigenvalue weighted by Gasteiger charge is -2.14. The number of benzene rings is 2. The number of ether oxygens (including phenoxy) is 1. The number of aryl methyl sites for hydroxylation is 1. The number of carbonyl (C=O) groups is 1. The van der Waals surface area contributed by atoms with Crippen molar-refractivity contribution in [2.24, 2.45) is 0 Å². The van der Waals surface area contributed by atoms with Gasteiger partial charge in [0.25, 0.3) is 10.0 Å². The Morgan fingerprint density at radius 2 is 1.92 bits per heavy atom.